The van der Waals surface area contributed by atoms with Crippen LogP contribution >= 0.6 is 0 Å². The molecule has 0 unspecified atom stereocenters. The van der Waals surface area contributed by atoms with Gasteiger partial charge in [-0.1, -0.05) is 18.2 Å². The van der Waals surface area contributed by atoms with E-state index < -0.39 is 30.3 Å². The van der Waals surface area contributed by atoms with E-state index in [0.717, 1.165) is 0 Å². The zero-order valence-electron chi connectivity index (χ0n) is 14.6. The smallest absolute Gasteiger partial charge is 0.355 e. The molecule has 0 saturated heterocycles. The van der Waals surface area contributed by atoms with Crippen LogP contribution < -0.4 is 5.32 Å². The van der Waals surface area contributed by atoms with Gasteiger partial charge in [0, 0.05) is 17.8 Å². The summed E-state index contributed by atoms with van der Waals surface area (Å²) in [6.45, 7) is 2.65. The Morgan fingerprint density at radius 3 is 2.50 bits per heavy atom. The zero-order chi connectivity index (χ0) is 19.3. The molecule has 0 bridgehead atoms. The number of ether oxygens (including phenoxy) is 2. The first-order chi connectivity index (χ1) is 12.3. The molecule has 2 N–H and O–H groups in total. The molecule has 2 rings (SSSR count). The lowest BCUT2D eigenvalue weighted by Crippen LogP contribution is -2.28. The van der Waals surface area contributed by atoms with Crippen molar-refractivity contribution < 1.29 is 28.2 Å². The molecule has 0 aliphatic carbocycles. The predicted molar refractivity (Wildman–Crippen MR) is 90.1 cm³/mol. The summed E-state index contributed by atoms with van der Waals surface area (Å²) in [4.78, 5) is 38.4. The summed E-state index contributed by atoms with van der Waals surface area (Å²) >= 11 is 0. The summed E-state index contributed by atoms with van der Waals surface area (Å²) in [5, 5.41) is 2.46. The van der Waals surface area contributed by atoms with Crippen LogP contribution in [0.5, 0.6) is 0 Å². The lowest BCUT2D eigenvalue weighted by Gasteiger charge is -2.07. The van der Waals surface area contributed by atoms with Gasteiger partial charge in [-0.15, -0.1) is 0 Å². The van der Waals surface area contributed by atoms with E-state index in [1.54, 1.807) is 32.0 Å². The SMILES string of the molecule is COC(=O)c1c(C)[nH]c(C(=O)OCC(=O)NCc2ccccc2F)c1C. The number of hydrogen-bond donors (Lipinski definition) is 2. The number of aryl methyl sites for hydroxylation is 1. The van der Waals surface area contributed by atoms with Crippen molar-refractivity contribution in [2.45, 2.75) is 20.4 Å². The highest BCUT2D eigenvalue weighted by Gasteiger charge is 2.23. The minimum absolute atomic E-state index is 0.0177. The summed E-state index contributed by atoms with van der Waals surface area (Å²) < 4.78 is 23.1. The van der Waals surface area contributed by atoms with Crippen LogP contribution in [0.15, 0.2) is 24.3 Å². The highest BCUT2D eigenvalue weighted by atomic mass is 19.1. The second-order valence-electron chi connectivity index (χ2n) is 5.56. The first-order valence-electron chi connectivity index (χ1n) is 7.79. The van der Waals surface area contributed by atoms with Crippen molar-refractivity contribution in [2.75, 3.05) is 13.7 Å². The molecule has 0 fully saturated rings. The highest BCUT2D eigenvalue weighted by molar-refractivity contribution is 5.99. The average Bonchev–Trinajstić information content (AvgIpc) is 2.92. The number of rotatable bonds is 6. The molecule has 26 heavy (non-hydrogen) atoms. The molecule has 7 nitrogen and oxygen atoms in total. The molecule has 138 valence electrons. The maximum absolute atomic E-state index is 13.5. The van der Waals surface area contributed by atoms with Gasteiger partial charge in [0.1, 0.15) is 11.5 Å². The fourth-order valence-corrected chi connectivity index (χ4v) is 2.45. The van der Waals surface area contributed by atoms with E-state index in [1.807, 2.05) is 0 Å². The molecule has 1 heterocycles. The number of carbonyl (C=O) groups excluding carboxylic acids is 3. The van der Waals surface area contributed by atoms with E-state index in [0.29, 0.717) is 16.8 Å². The van der Waals surface area contributed by atoms with E-state index >= 15 is 0 Å². The van der Waals surface area contributed by atoms with Crippen LogP contribution in [-0.2, 0) is 20.8 Å². The van der Waals surface area contributed by atoms with Gasteiger partial charge in [-0.25, -0.2) is 14.0 Å². The third-order valence-corrected chi connectivity index (χ3v) is 3.80. The van der Waals surface area contributed by atoms with Crippen LogP contribution in [0.4, 0.5) is 4.39 Å². The predicted octanol–water partition coefficient (Wildman–Crippen LogP) is 2.03. The molecule has 0 aliphatic heterocycles. The van der Waals surface area contributed by atoms with Crippen LogP contribution in [-0.4, -0.2) is 36.5 Å². The van der Waals surface area contributed by atoms with Crippen molar-refractivity contribution in [1.29, 1.82) is 0 Å². The molecule has 8 heteroatoms. The molecule has 1 amide bonds. The fourth-order valence-electron chi connectivity index (χ4n) is 2.45. The minimum atomic E-state index is -0.776. The van der Waals surface area contributed by atoms with Crippen molar-refractivity contribution in [3.8, 4) is 0 Å². The third-order valence-electron chi connectivity index (χ3n) is 3.80. The number of nitrogens with one attached hydrogen (secondary N) is 2. The Bertz CT molecular complexity index is 844. The lowest BCUT2D eigenvalue weighted by molar-refractivity contribution is -0.124. The molecule has 1 aromatic heterocycles. The van der Waals surface area contributed by atoms with Gasteiger partial charge in [-0.2, -0.15) is 0 Å². The number of amides is 1. The van der Waals surface area contributed by atoms with Gasteiger partial charge in [0.2, 0.25) is 0 Å². The number of esters is 2. The average molecular weight is 362 g/mol. The number of benzene rings is 1. The van der Waals surface area contributed by atoms with Crippen LogP contribution in [0.25, 0.3) is 0 Å². The lowest BCUT2D eigenvalue weighted by atomic mass is 10.1. The summed E-state index contributed by atoms with van der Waals surface area (Å²) in [6, 6.07) is 6.03. The van der Waals surface area contributed by atoms with Crippen LogP contribution in [0.1, 0.15) is 37.7 Å². The molecule has 0 spiro atoms. The van der Waals surface area contributed by atoms with Gasteiger partial charge in [-0.05, 0) is 25.5 Å². The van der Waals surface area contributed by atoms with Gasteiger partial charge in [0.15, 0.2) is 6.61 Å². The second-order valence-corrected chi connectivity index (χ2v) is 5.56. The number of hydrogen-bond acceptors (Lipinski definition) is 5. The van der Waals surface area contributed by atoms with E-state index in [4.69, 9.17) is 4.74 Å². The Kier molecular flexibility index (Phi) is 6.11. The van der Waals surface area contributed by atoms with Gasteiger partial charge in [-0.3, -0.25) is 4.79 Å². The Balaban J connectivity index is 1.93. The topological polar surface area (TPSA) is 97.5 Å². The number of halogens is 1. The standard InChI is InChI=1S/C18H19FN2O5/c1-10-15(17(23)25-3)11(2)21-16(10)18(24)26-9-14(22)20-8-12-6-4-5-7-13(12)19/h4-7,21H,8-9H2,1-3H3,(H,20,22). The molecular formula is C18H19FN2O5. The Hall–Kier alpha value is -3.16. The number of aromatic nitrogens is 1. The Morgan fingerprint density at radius 1 is 1.15 bits per heavy atom. The molecule has 0 radical (unpaired) electrons. The van der Waals surface area contributed by atoms with Crippen molar-refractivity contribution in [2.24, 2.45) is 0 Å². The maximum Gasteiger partial charge on any atom is 0.355 e. The fraction of sp³-hybridized carbons (Fsp3) is 0.278. The van der Waals surface area contributed by atoms with Crippen molar-refractivity contribution >= 4 is 17.8 Å². The first-order valence-corrected chi connectivity index (χ1v) is 7.79. The van der Waals surface area contributed by atoms with Gasteiger partial charge in [0.25, 0.3) is 5.91 Å². The molecule has 0 saturated carbocycles. The van der Waals surface area contributed by atoms with Gasteiger partial charge >= 0.3 is 11.9 Å². The van der Waals surface area contributed by atoms with Gasteiger partial charge < -0.3 is 19.8 Å². The quantitative estimate of drug-likeness (QED) is 0.767. The Morgan fingerprint density at radius 2 is 1.85 bits per heavy atom. The number of H-pyrrole nitrogens is 1. The van der Waals surface area contributed by atoms with Crippen LogP contribution in [0.3, 0.4) is 0 Å². The van der Waals surface area contributed by atoms with E-state index in [2.05, 4.69) is 15.0 Å². The maximum atomic E-state index is 13.5. The summed E-state index contributed by atoms with van der Waals surface area (Å²) in [5.41, 5.74) is 1.50. The van der Waals surface area contributed by atoms with Gasteiger partial charge in [0.05, 0.1) is 12.7 Å². The van der Waals surface area contributed by atoms with E-state index in [1.165, 1.54) is 13.2 Å². The number of carbonyl (C=O) groups is 3. The molecule has 1 aromatic carbocycles. The van der Waals surface area contributed by atoms with Crippen LogP contribution in [0, 0.1) is 19.7 Å². The Labute approximate surface area is 149 Å². The van der Waals surface area contributed by atoms with Crippen molar-refractivity contribution in [3.63, 3.8) is 0 Å². The minimum Gasteiger partial charge on any atom is -0.465 e. The van der Waals surface area contributed by atoms with Crippen LogP contribution in [0.2, 0.25) is 0 Å². The third kappa shape index (κ3) is 4.27. The van der Waals surface area contributed by atoms with E-state index in [-0.39, 0.29) is 17.8 Å². The number of aromatic amines is 1. The number of methoxy groups -OCH3 is 1. The normalized spacial score (nSPS) is 10.3. The molecule has 2 aromatic rings. The van der Waals surface area contributed by atoms with Crippen molar-refractivity contribution in [1.82, 2.24) is 10.3 Å². The first kappa shape index (κ1) is 19.2. The molecular weight excluding hydrogens is 343 g/mol. The summed E-state index contributed by atoms with van der Waals surface area (Å²) in [5.74, 6) is -2.35. The summed E-state index contributed by atoms with van der Waals surface area (Å²) in [7, 11) is 1.24. The molecule has 0 aliphatic rings. The van der Waals surface area contributed by atoms with E-state index in [9.17, 15) is 18.8 Å². The largest absolute Gasteiger partial charge is 0.465 e. The monoisotopic (exact) mass is 362 g/mol. The summed E-state index contributed by atoms with van der Waals surface area (Å²) in [6.07, 6.45) is 0. The second kappa shape index (κ2) is 8.28. The zero-order valence-corrected chi connectivity index (χ0v) is 14.6. The highest BCUT2D eigenvalue weighted by Crippen LogP contribution is 2.19. The molecule has 0 atom stereocenters. The van der Waals surface area contributed by atoms with Crippen molar-refractivity contribution in [3.05, 3.63) is 58.2 Å².